The summed E-state index contributed by atoms with van der Waals surface area (Å²) in [6.45, 7) is 16.5. The molecule has 3 saturated carbocycles. The molecule has 0 aromatic heterocycles. The van der Waals surface area contributed by atoms with Crippen LogP contribution in [0.5, 0.6) is 0 Å². The molecule has 1 amide bonds. The molecule has 4 nitrogen and oxygen atoms in total. The SMILES string of the molecule is CC[C@H](CC[C@@H](C)C1CCC2C3CC=C4CC(OC(=O)NCCN(C)C)CCC4(C)C3CCC21C)C(C)C. The Balaban J connectivity index is 1.37. The molecule has 9 atom stereocenters. The molecule has 218 valence electrons. The highest BCUT2D eigenvalue weighted by Gasteiger charge is 2.59. The Kier molecular flexibility index (Phi) is 9.64. The molecular formula is C34H60N2O2. The van der Waals surface area contributed by atoms with E-state index in [9.17, 15) is 4.79 Å². The fourth-order valence-electron chi connectivity index (χ4n) is 9.97. The zero-order chi connectivity index (χ0) is 27.7. The maximum absolute atomic E-state index is 12.4. The second-order valence-corrected chi connectivity index (χ2v) is 15.0. The molecule has 0 heterocycles. The van der Waals surface area contributed by atoms with Crippen LogP contribution in [0.25, 0.3) is 0 Å². The number of allylic oxidation sites excluding steroid dienone is 1. The molecule has 0 radical (unpaired) electrons. The number of fused-ring (bicyclic) bond motifs is 5. The molecular weight excluding hydrogens is 468 g/mol. The molecule has 0 saturated heterocycles. The van der Waals surface area contributed by atoms with Gasteiger partial charge in [-0.3, -0.25) is 0 Å². The fourth-order valence-corrected chi connectivity index (χ4v) is 9.97. The Bertz CT molecular complexity index is 836. The van der Waals surface area contributed by atoms with Gasteiger partial charge < -0.3 is 15.0 Å². The van der Waals surface area contributed by atoms with Crippen LogP contribution in [-0.2, 0) is 4.74 Å². The zero-order valence-corrected chi connectivity index (χ0v) is 26.2. The molecule has 0 spiro atoms. The highest BCUT2D eigenvalue weighted by molar-refractivity contribution is 5.67. The Labute approximate surface area is 235 Å². The second kappa shape index (κ2) is 12.2. The van der Waals surface area contributed by atoms with E-state index in [1.54, 1.807) is 5.57 Å². The van der Waals surface area contributed by atoms with Gasteiger partial charge in [0.15, 0.2) is 0 Å². The summed E-state index contributed by atoms with van der Waals surface area (Å²) in [6, 6.07) is 0. The van der Waals surface area contributed by atoms with Gasteiger partial charge in [-0.1, -0.05) is 66.0 Å². The summed E-state index contributed by atoms with van der Waals surface area (Å²) in [4.78, 5) is 14.4. The summed E-state index contributed by atoms with van der Waals surface area (Å²) in [7, 11) is 4.04. The van der Waals surface area contributed by atoms with Crippen LogP contribution in [0.4, 0.5) is 4.79 Å². The van der Waals surface area contributed by atoms with Crippen molar-refractivity contribution in [1.82, 2.24) is 10.2 Å². The minimum Gasteiger partial charge on any atom is -0.446 e. The van der Waals surface area contributed by atoms with Crippen molar-refractivity contribution in [3.05, 3.63) is 11.6 Å². The number of carbonyl (C=O) groups excluding carboxylic acids is 1. The third kappa shape index (κ3) is 6.01. The average Bonchev–Trinajstić information content (AvgIpc) is 3.21. The van der Waals surface area contributed by atoms with Crippen LogP contribution in [0.3, 0.4) is 0 Å². The molecule has 4 heteroatoms. The van der Waals surface area contributed by atoms with Crippen molar-refractivity contribution in [3.8, 4) is 0 Å². The average molecular weight is 529 g/mol. The molecule has 7 unspecified atom stereocenters. The Morgan fingerprint density at radius 3 is 2.53 bits per heavy atom. The smallest absolute Gasteiger partial charge is 0.407 e. The van der Waals surface area contributed by atoms with E-state index in [1.807, 2.05) is 14.1 Å². The summed E-state index contributed by atoms with van der Waals surface area (Å²) >= 11 is 0. The van der Waals surface area contributed by atoms with Gasteiger partial charge in [0.1, 0.15) is 6.10 Å². The number of nitrogens with zero attached hydrogens (tertiary/aromatic N) is 1. The monoisotopic (exact) mass is 528 g/mol. The van der Waals surface area contributed by atoms with Gasteiger partial charge in [0, 0.05) is 19.5 Å². The topological polar surface area (TPSA) is 41.6 Å². The number of alkyl carbamates (subject to hydrolysis) is 1. The van der Waals surface area contributed by atoms with Crippen LogP contribution in [0.15, 0.2) is 11.6 Å². The number of nitrogens with one attached hydrogen (secondary N) is 1. The lowest BCUT2D eigenvalue weighted by molar-refractivity contribution is -0.0583. The van der Waals surface area contributed by atoms with Gasteiger partial charge in [-0.25, -0.2) is 4.79 Å². The predicted octanol–water partition coefficient (Wildman–Crippen LogP) is 8.32. The van der Waals surface area contributed by atoms with Gasteiger partial charge in [0.25, 0.3) is 0 Å². The van der Waals surface area contributed by atoms with Crippen molar-refractivity contribution in [2.45, 2.75) is 118 Å². The maximum atomic E-state index is 12.4. The quantitative estimate of drug-likeness (QED) is 0.290. The standard InChI is InChI=1S/C34H60N2O2/c1-9-25(23(2)3)11-10-24(4)29-14-15-30-28-13-12-26-22-27(38-32(37)35-20-21-36(7)8)16-18-33(26,5)31(28)17-19-34(29,30)6/h12,23-25,27-31H,9-11,13-22H2,1-8H3,(H,35,37)/t24-,25-,27?,28?,29?,30?,31?,33?,34?/m1/s1. The Morgan fingerprint density at radius 1 is 1.08 bits per heavy atom. The Morgan fingerprint density at radius 2 is 1.84 bits per heavy atom. The second-order valence-electron chi connectivity index (χ2n) is 15.0. The Hall–Kier alpha value is -1.03. The van der Waals surface area contributed by atoms with Crippen molar-refractivity contribution >= 4 is 6.09 Å². The van der Waals surface area contributed by atoms with E-state index in [0.29, 0.717) is 17.4 Å². The first kappa shape index (κ1) is 29.9. The normalized spacial score (nSPS) is 38.2. The molecule has 3 fully saturated rings. The van der Waals surface area contributed by atoms with Gasteiger partial charge in [0.2, 0.25) is 0 Å². The van der Waals surface area contributed by atoms with E-state index in [2.05, 4.69) is 57.8 Å². The molecule has 4 aliphatic rings. The number of hydrogen-bond donors (Lipinski definition) is 1. The van der Waals surface area contributed by atoms with Crippen LogP contribution in [0, 0.1) is 52.3 Å². The summed E-state index contributed by atoms with van der Waals surface area (Å²) < 4.78 is 5.88. The molecule has 4 aliphatic carbocycles. The summed E-state index contributed by atoms with van der Waals surface area (Å²) in [5.41, 5.74) is 2.44. The van der Waals surface area contributed by atoms with Crippen molar-refractivity contribution in [1.29, 1.82) is 0 Å². The third-order valence-corrected chi connectivity index (χ3v) is 12.4. The van der Waals surface area contributed by atoms with Crippen molar-refractivity contribution in [2.24, 2.45) is 52.3 Å². The van der Waals surface area contributed by atoms with Gasteiger partial charge in [-0.05, 0) is 118 Å². The molecule has 0 bridgehead atoms. The van der Waals surface area contributed by atoms with Gasteiger partial charge in [0.05, 0.1) is 0 Å². The lowest BCUT2D eigenvalue weighted by Crippen LogP contribution is -2.51. The molecule has 0 aromatic rings. The molecule has 4 rings (SSSR count). The minimum atomic E-state index is -0.243. The predicted molar refractivity (Wildman–Crippen MR) is 159 cm³/mol. The van der Waals surface area contributed by atoms with E-state index in [4.69, 9.17) is 4.74 Å². The van der Waals surface area contributed by atoms with Crippen LogP contribution in [0.1, 0.15) is 112 Å². The van der Waals surface area contributed by atoms with E-state index in [1.165, 1.54) is 57.8 Å². The number of rotatable bonds is 10. The lowest BCUT2D eigenvalue weighted by Gasteiger charge is -2.58. The maximum Gasteiger partial charge on any atom is 0.407 e. The number of ether oxygens (including phenoxy) is 1. The minimum absolute atomic E-state index is 0.0357. The first-order chi connectivity index (χ1) is 18.0. The van der Waals surface area contributed by atoms with Crippen LogP contribution >= 0.6 is 0 Å². The highest BCUT2D eigenvalue weighted by Crippen LogP contribution is 2.67. The first-order valence-electron chi connectivity index (χ1n) is 16.3. The number of carbonyl (C=O) groups is 1. The highest BCUT2D eigenvalue weighted by atomic mass is 16.6. The van der Waals surface area contributed by atoms with Crippen molar-refractivity contribution < 1.29 is 9.53 Å². The molecule has 1 N–H and O–H groups in total. The van der Waals surface area contributed by atoms with E-state index >= 15 is 0 Å². The summed E-state index contributed by atoms with van der Waals surface area (Å²) in [5.74, 6) is 6.04. The summed E-state index contributed by atoms with van der Waals surface area (Å²) in [6.07, 6.45) is 16.7. The number of amides is 1. The van der Waals surface area contributed by atoms with Crippen LogP contribution in [0.2, 0.25) is 0 Å². The third-order valence-electron chi connectivity index (χ3n) is 12.4. The van der Waals surface area contributed by atoms with Crippen LogP contribution in [-0.4, -0.2) is 44.3 Å². The van der Waals surface area contributed by atoms with Gasteiger partial charge in [-0.2, -0.15) is 0 Å². The van der Waals surface area contributed by atoms with Crippen molar-refractivity contribution in [2.75, 3.05) is 27.2 Å². The van der Waals surface area contributed by atoms with Gasteiger partial charge >= 0.3 is 6.09 Å². The molecule has 38 heavy (non-hydrogen) atoms. The van der Waals surface area contributed by atoms with E-state index in [-0.39, 0.29) is 12.2 Å². The zero-order valence-electron chi connectivity index (χ0n) is 26.2. The van der Waals surface area contributed by atoms with Crippen molar-refractivity contribution in [3.63, 3.8) is 0 Å². The van der Waals surface area contributed by atoms with E-state index < -0.39 is 0 Å². The largest absolute Gasteiger partial charge is 0.446 e. The molecule has 0 aliphatic heterocycles. The number of likely N-dealkylation sites (N-methyl/N-ethyl adjacent to an activating group) is 1. The fraction of sp³-hybridized carbons (Fsp3) is 0.912. The lowest BCUT2D eigenvalue weighted by atomic mass is 9.47. The molecule has 0 aromatic carbocycles. The van der Waals surface area contributed by atoms with Gasteiger partial charge in [-0.15, -0.1) is 0 Å². The number of hydrogen-bond acceptors (Lipinski definition) is 3. The van der Waals surface area contributed by atoms with Crippen LogP contribution < -0.4 is 5.32 Å². The summed E-state index contributed by atoms with van der Waals surface area (Å²) in [5, 5.41) is 2.93. The van der Waals surface area contributed by atoms with E-state index in [0.717, 1.165) is 60.8 Å². The first-order valence-corrected chi connectivity index (χ1v) is 16.3.